The van der Waals surface area contributed by atoms with Crippen LogP contribution in [0.3, 0.4) is 0 Å². The summed E-state index contributed by atoms with van der Waals surface area (Å²) in [5, 5.41) is 10.7. The zero-order valence-corrected chi connectivity index (χ0v) is 12.1. The number of hydrogen-bond donors (Lipinski definition) is 2. The number of aryl methyl sites for hydroxylation is 2. The molecule has 0 aliphatic rings. The summed E-state index contributed by atoms with van der Waals surface area (Å²) in [7, 11) is 0. The first-order valence-corrected chi connectivity index (χ1v) is 6.66. The van der Waals surface area contributed by atoms with Crippen LogP contribution < -0.4 is 15.8 Å². The summed E-state index contributed by atoms with van der Waals surface area (Å²) >= 11 is 0. The third-order valence-electron chi connectivity index (χ3n) is 2.86. The first-order valence-electron chi connectivity index (χ1n) is 6.66. The number of benzene rings is 1. The Kier molecular flexibility index (Phi) is 4.84. The second-order valence-electron chi connectivity index (χ2n) is 4.57. The van der Waals surface area contributed by atoms with Gasteiger partial charge in [-0.25, -0.2) is 0 Å². The fraction of sp³-hybridized carbons (Fsp3) is 0.267. The van der Waals surface area contributed by atoms with E-state index in [4.69, 9.17) is 10.5 Å². The van der Waals surface area contributed by atoms with E-state index in [0.29, 0.717) is 41.5 Å². The van der Waals surface area contributed by atoms with Gasteiger partial charge in [-0.1, -0.05) is 12.1 Å². The van der Waals surface area contributed by atoms with Gasteiger partial charge in [-0.15, -0.1) is 0 Å². The van der Waals surface area contributed by atoms with Gasteiger partial charge in [-0.3, -0.25) is 4.79 Å². The van der Waals surface area contributed by atoms with Gasteiger partial charge in [0.25, 0.3) is 5.91 Å². The zero-order valence-electron chi connectivity index (χ0n) is 12.1. The number of nitrogens with zero attached hydrogens (tertiary/aromatic N) is 2. The van der Waals surface area contributed by atoms with Crippen LogP contribution in [0.25, 0.3) is 0 Å². The van der Waals surface area contributed by atoms with Crippen LogP contribution in [0.1, 0.15) is 21.7 Å². The summed E-state index contributed by atoms with van der Waals surface area (Å²) < 4.78 is 5.51. The van der Waals surface area contributed by atoms with Crippen LogP contribution in [-0.4, -0.2) is 29.3 Å². The maximum atomic E-state index is 12.4. The molecule has 2 rings (SSSR count). The molecule has 0 unspecified atom stereocenters. The van der Waals surface area contributed by atoms with E-state index >= 15 is 0 Å². The van der Waals surface area contributed by atoms with Crippen molar-refractivity contribution in [2.24, 2.45) is 5.73 Å². The maximum absolute atomic E-state index is 12.4. The number of anilines is 1. The molecule has 110 valence electrons. The number of ether oxygens (including phenoxy) is 1. The standard InChI is InChI=1S/C15H18N4O2/c1-10-9-12(11(2)19-18-10)15(20)17-13-5-3-4-6-14(13)21-8-7-16/h3-6,9H,7-8,16H2,1-2H3,(H,17,20). The molecule has 0 fully saturated rings. The van der Waals surface area contributed by atoms with Crippen LogP contribution in [0.4, 0.5) is 5.69 Å². The quantitative estimate of drug-likeness (QED) is 0.872. The predicted molar refractivity (Wildman–Crippen MR) is 80.5 cm³/mol. The Labute approximate surface area is 123 Å². The Bertz CT molecular complexity index is 643. The van der Waals surface area contributed by atoms with E-state index in [1.165, 1.54) is 0 Å². The second kappa shape index (κ2) is 6.81. The van der Waals surface area contributed by atoms with Gasteiger partial charge in [0.2, 0.25) is 0 Å². The lowest BCUT2D eigenvalue weighted by Gasteiger charge is -2.12. The van der Waals surface area contributed by atoms with Gasteiger partial charge in [0, 0.05) is 6.54 Å². The van der Waals surface area contributed by atoms with Crippen molar-refractivity contribution in [3.63, 3.8) is 0 Å². The van der Waals surface area contributed by atoms with E-state index in [1.54, 1.807) is 32.0 Å². The molecule has 0 spiro atoms. The van der Waals surface area contributed by atoms with E-state index in [-0.39, 0.29) is 5.91 Å². The molecule has 21 heavy (non-hydrogen) atoms. The van der Waals surface area contributed by atoms with E-state index < -0.39 is 0 Å². The molecule has 6 nitrogen and oxygen atoms in total. The lowest BCUT2D eigenvalue weighted by Crippen LogP contribution is -2.17. The highest BCUT2D eigenvalue weighted by molar-refractivity contribution is 6.05. The van der Waals surface area contributed by atoms with Crippen LogP contribution in [-0.2, 0) is 0 Å². The number of hydrogen-bond acceptors (Lipinski definition) is 5. The number of carbonyl (C=O) groups excluding carboxylic acids is 1. The van der Waals surface area contributed by atoms with Crippen molar-refractivity contribution in [2.45, 2.75) is 13.8 Å². The van der Waals surface area contributed by atoms with Crippen molar-refractivity contribution in [3.05, 3.63) is 47.3 Å². The normalized spacial score (nSPS) is 10.2. The maximum Gasteiger partial charge on any atom is 0.257 e. The summed E-state index contributed by atoms with van der Waals surface area (Å²) in [6.07, 6.45) is 0. The van der Waals surface area contributed by atoms with E-state index in [0.717, 1.165) is 0 Å². The molecular formula is C15H18N4O2. The lowest BCUT2D eigenvalue weighted by atomic mass is 10.2. The largest absolute Gasteiger partial charge is 0.490 e. The summed E-state index contributed by atoms with van der Waals surface area (Å²) in [5.74, 6) is 0.349. The van der Waals surface area contributed by atoms with E-state index in [1.807, 2.05) is 12.1 Å². The van der Waals surface area contributed by atoms with Crippen LogP contribution in [0.2, 0.25) is 0 Å². The summed E-state index contributed by atoms with van der Waals surface area (Å²) in [6, 6.07) is 8.94. The average Bonchev–Trinajstić information content (AvgIpc) is 2.48. The molecule has 0 bridgehead atoms. The molecule has 1 aromatic carbocycles. The third-order valence-corrected chi connectivity index (χ3v) is 2.86. The van der Waals surface area contributed by atoms with Gasteiger partial charge < -0.3 is 15.8 Å². The van der Waals surface area contributed by atoms with Crippen molar-refractivity contribution >= 4 is 11.6 Å². The second-order valence-corrected chi connectivity index (χ2v) is 4.57. The Morgan fingerprint density at radius 2 is 2.05 bits per heavy atom. The Morgan fingerprint density at radius 1 is 1.29 bits per heavy atom. The minimum absolute atomic E-state index is 0.241. The average molecular weight is 286 g/mol. The lowest BCUT2D eigenvalue weighted by molar-refractivity contribution is 0.102. The minimum atomic E-state index is -0.241. The molecule has 1 amide bonds. The molecule has 3 N–H and O–H groups in total. The number of nitrogens with two attached hydrogens (primary N) is 1. The zero-order chi connectivity index (χ0) is 15.2. The van der Waals surface area contributed by atoms with Gasteiger partial charge in [-0.05, 0) is 32.0 Å². The molecule has 0 radical (unpaired) electrons. The molecule has 2 aromatic rings. The van der Waals surface area contributed by atoms with Crippen molar-refractivity contribution in [1.29, 1.82) is 0 Å². The third kappa shape index (κ3) is 3.76. The van der Waals surface area contributed by atoms with E-state index in [9.17, 15) is 4.79 Å². The molecule has 6 heteroatoms. The minimum Gasteiger partial charge on any atom is -0.490 e. The summed E-state index contributed by atoms with van der Waals surface area (Å²) in [4.78, 5) is 12.4. The number of nitrogens with one attached hydrogen (secondary N) is 1. The van der Waals surface area contributed by atoms with Crippen LogP contribution in [0, 0.1) is 13.8 Å². The summed E-state index contributed by atoms with van der Waals surface area (Å²) in [6.45, 7) is 4.34. The molecule has 1 heterocycles. The Hall–Kier alpha value is -2.47. The number of para-hydroxylation sites is 2. The van der Waals surface area contributed by atoms with Gasteiger partial charge in [0.1, 0.15) is 12.4 Å². The van der Waals surface area contributed by atoms with Gasteiger partial charge in [0.15, 0.2) is 0 Å². The first kappa shape index (κ1) is 14.9. The smallest absolute Gasteiger partial charge is 0.257 e. The van der Waals surface area contributed by atoms with Crippen molar-refractivity contribution in [3.8, 4) is 5.75 Å². The van der Waals surface area contributed by atoms with Crippen molar-refractivity contribution < 1.29 is 9.53 Å². The van der Waals surface area contributed by atoms with Crippen LogP contribution >= 0.6 is 0 Å². The molecular weight excluding hydrogens is 268 g/mol. The summed E-state index contributed by atoms with van der Waals surface area (Å²) in [5.41, 5.74) is 7.80. The highest BCUT2D eigenvalue weighted by atomic mass is 16.5. The molecule has 0 atom stereocenters. The molecule has 0 saturated carbocycles. The highest BCUT2D eigenvalue weighted by Gasteiger charge is 2.13. The Balaban J connectivity index is 2.21. The van der Waals surface area contributed by atoms with Gasteiger partial charge in [0.05, 0.1) is 22.6 Å². The van der Waals surface area contributed by atoms with Crippen molar-refractivity contribution in [2.75, 3.05) is 18.5 Å². The monoisotopic (exact) mass is 286 g/mol. The first-order chi connectivity index (χ1) is 10.1. The Morgan fingerprint density at radius 3 is 2.81 bits per heavy atom. The molecule has 1 aromatic heterocycles. The molecule has 0 saturated heterocycles. The number of amides is 1. The van der Waals surface area contributed by atoms with Gasteiger partial charge in [-0.2, -0.15) is 10.2 Å². The number of carbonyl (C=O) groups is 1. The molecule has 0 aliphatic heterocycles. The number of aromatic nitrogens is 2. The SMILES string of the molecule is Cc1cc(C(=O)Nc2ccccc2OCCN)c(C)nn1. The fourth-order valence-corrected chi connectivity index (χ4v) is 1.83. The van der Waals surface area contributed by atoms with Crippen LogP contribution in [0.5, 0.6) is 5.75 Å². The van der Waals surface area contributed by atoms with Crippen molar-refractivity contribution in [1.82, 2.24) is 10.2 Å². The van der Waals surface area contributed by atoms with E-state index in [2.05, 4.69) is 15.5 Å². The molecule has 0 aliphatic carbocycles. The highest BCUT2D eigenvalue weighted by Crippen LogP contribution is 2.24. The van der Waals surface area contributed by atoms with Gasteiger partial charge >= 0.3 is 0 Å². The topological polar surface area (TPSA) is 90.1 Å². The fourth-order valence-electron chi connectivity index (χ4n) is 1.83. The predicted octanol–water partition coefficient (Wildman–Crippen LogP) is 1.68. The van der Waals surface area contributed by atoms with Crippen LogP contribution in [0.15, 0.2) is 30.3 Å². The number of rotatable bonds is 5.